The van der Waals surface area contributed by atoms with Crippen LogP contribution in [-0.2, 0) is 11.4 Å². The Kier molecular flexibility index (Phi) is 8.23. The molecule has 3 aromatic rings. The number of benzene rings is 3. The van der Waals surface area contributed by atoms with Crippen LogP contribution >= 0.6 is 35.0 Å². The Balaban J connectivity index is 1.45. The number of imide groups is 1. The topological polar surface area (TPSA) is 65.1 Å². The van der Waals surface area contributed by atoms with Gasteiger partial charge in [0, 0.05) is 10.6 Å². The molecule has 1 heterocycles. The van der Waals surface area contributed by atoms with Gasteiger partial charge < -0.3 is 14.2 Å². The van der Waals surface area contributed by atoms with Crippen molar-refractivity contribution in [2.75, 3.05) is 20.3 Å². The summed E-state index contributed by atoms with van der Waals surface area (Å²) in [5.74, 6) is 1.04. The van der Waals surface area contributed by atoms with Crippen molar-refractivity contribution in [3.8, 4) is 17.2 Å². The van der Waals surface area contributed by atoms with Crippen LogP contribution in [0.3, 0.4) is 0 Å². The number of nitrogens with zero attached hydrogens (tertiary/aromatic N) is 1. The van der Waals surface area contributed by atoms with Crippen molar-refractivity contribution in [1.29, 1.82) is 0 Å². The molecule has 0 unspecified atom stereocenters. The van der Waals surface area contributed by atoms with E-state index in [-0.39, 0.29) is 35.8 Å². The lowest BCUT2D eigenvalue weighted by Gasteiger charge is -2.14. The molecular weight excluding hydrogens is 509 g/mol. The first kappa shape index (κ1) is 25.0. The minimum Gasteiger partial charge on any atom is -0.493 e. The summed E-state index contributed by atoms with van der Waals surface area (Å²) in [4.78, 5) is 26.7. The van der Waals surface area contributed by atoms with Gasteiger partial charge >= 0.3 is 0 Å². The zero-order valence-corrected chi connectivity index (χ0v) is 21.0. The number of thioether (sulfide) groups is 1. The number of rotatable bonds is 9. The molecule has 1 aliphatic heterocycles. The standard InChI is InChI=1S/C26H21Cl2NO5S/c1-32-22-14-17(13-21(28)24(22)34-16-18-7-5-6-10-20(18)27)15-23-25(30)29(26(31)35-23)11-12-33-19-8-3-2-4-9-19/h2-10,13-15H,11-12,16H2,1H3/b23-15-. The molecule has 0 aromatic heterocycles. The fraction of sp³-hybridized carbons (Fsp3) is 0.154. The maximum atomic E-state index is 12.8. The highest BCUT2D eigenvalue weighted by Crippen LogP contribution is 2.39. The predicted octanol–water partition coefficient (Wildman–Crippen LogP) is 6.70. The largest absolute Gasteiger partial charge is 0.493 e. The van der Waals surface area contributed by atoms with E-state index in [1.807, 2.05) is 48.5 Å². The fourth-order valence-electron chi connectivity index (χ4n) is 3.34. The van der Waals surface area contributed by atoms with Crippen LogP contribution in [0.25, 0.3) is 6.08 Å². The van der Waals surface area contributed by atoms with Gasteiger partial charge in [0.05, 0.1) is 23.6 Å². The van der Waals surface area contributed by atoms with Gasteiger partial charge in [0.1, 0.15) is 19.0 Å². The van der Waals surface area contributed by atoms with Gasteiger partial charge in [0.25, 0.3) is 11.1 Å². The van der Waals surface area contributed by atoms with Gasteiger partial charge in [-0.2, -0.15) is 0 Å². The summed E-state index contributed by atoms with van der Waals surface area (Å²) in [6.07, 6.45) is 1.61. The number of ether oxygens (including phenoxy) is 3. The van der Waals surface area contributed by atoms with Crippen LogP contribution in [0.5, 0.6) is 17.2 Å². The van der Waals surface area contributed by atoms with Gasteiger partial charge in [0.15, 0.2) is 11.5 Å². The number of halogens is 2. The quantitative estimate of drug-likeness (QED) is 0.287. The number of carbonyl (C=O) groups excluding carboxylic acids is 2. The second-order valence-corrected chi connectivity index (χ2v) is 9.22. The lowest BCUT2D eigenvalue weighted by Crippen LogP contribution is -2.32. The molecule has 1 saturated heterocycles. The molecule has 2 amide bonds. The average Bonchev–Trinajstić information content (AvgIpc) is 3.12. The molecule has 0 saturated carbocycles. The molecule has 35 heavy (non-hydrogen) atoms. The third kappa shape index (κ3) is 6.11. The molecule has 0 radical (unpaired) electrons. The summed E-state index contributed by atoms with van der Waals surface area (Å²) in [5, 5.41) is 0.540. The molecule has 0 N–H and O–H groups in total. The first-order chi connectivity index (χ1) is 17.0. The number of carbonyl (C=O) groups is 2. The number of para-hydroxylation sites is 1. The molecule has 6 nitrogen and oxygen atoms in total. The second kappa shape index (κ2) is 11.5. The number of amides is 2. The molecule has 0 bridgehead atoms. The predicted molar refractivity (Wildman–Crippen MR) is 138 cm³/mol. The minimum absolute atomic E-state index is 0.149. The van der Waals surface area contributed by atoms with Crippen LogP contribution in [0, 0.1) is 0 Å². The normalized spacial score (nSPS) is 14.5. The second-order valence-electron chi connectivity index (χ2n) is 7.41. The summed E-state index contributed by atoms with van der Waals surface area (Å²) in [7, 11) is 1.50. The van der Waals surface area contributed by atoms with Gasteiger partial charge in [-0.15, -0.1) is 0 Å². The van der Waals surface area contributed by atoms with Crippen LogP contribution in [0.2, 0.25) is 10.0 Å². The first-order valence-electron chi connectivity index (χ1n) is 10.6. The van der Waals surface area contributed by atoms with Crippen molar-refractivity contribution in [3.05, 3.63) is 92.8 Å². The lowest BCUT2D eigenvalue weighted by molar-refractivity contribution is -0.123. The highest BCUT2D eigenvalue weighted by molar-refractivity contribution is 8.18. The van der Waals surface area contributed by atoms with Crippen LogP contribution in [0.1, 0.15) is 11.1 Å². The smallest absolute Gasteiger partial charge is 0.293 e. The fourth-order valence-corrected chi connectivity index (χ4v) is 4.67. The van der Waals surface area contributed by atoms with Gasteiger partial charge in [-0.05, 0) is 53.7 Å². The molecule has 0 aliphatic carbocycles. The van der Waals surface area contributed by atoms with E-state index < -0.39 is 0 Å². The zero-order valence-electron chi connectivity index (χ0n) is 18.7. The summed E-state index contributed by atoms with van der Waals surface area (Å²) >= 11 is 13.5. The molecule has 1 fully saturated rings. The molecule has 4 rings (SSSR count). The Morgan fingerprint density at radius 2 is 1.69 bits per heavy atom. The summed E-state index contributed by atoms with van der Waals surface area (Å²) in [6, 6.07) is 19.9. The first-order valence-corrected chi connectivity index (χ1v) is 12.2. The molecule has 180 valence electrons. The van der Waals surface area contributed by atoms with E-state index >= 15 is 0 Å². The zero-order chi connectivity index (χ0) is 24.8. The van der Waals surface area contributed by atoms with Crippen molar-refractivity contribution in [1.82, 2.24) is 4.90 Å². The Bertz CT molecular complexity index is 1270. The highest BCUT2D eigenvalue weighted by atomic mass is 35.5. The third-order valence-electron chi connectivity index (χ3n) is 5.08. The highest BCUT2D eigenvalue weighted by Gasteiger charge is 2.35. The molecule has 0 spiro atoms. The molecule has 3 aromatic carbocycles. The Labute approximate surface area is 217 Å². The number of hydrogen-bond donors (Lipinski definition) is 0. The van der Waals surface area contributed by atoms with E-state index in [0.717, 1.165) is 17.3 Å². The Morgan fingerprint density at radius 3 is 2.43 bits per heavy atom. The van der Waals surface area contributed by atoms with E-state index in [0.29, 0.717) is 32.9 Å². The molecular formula is C26H21Cl2NO5S. The molecule has 9 heteroatoms. The Morgan fingerprint density at radius 1 is 0.943 bits per heavy atom. The average molecular weight is 530 g/mol. The van der Waals surface area contributed by atoms with Gasteiger partial charge in [-0.1, -0.05) is 59.6 Å². The van der Waals surface area contributed by atoms with Crippen molar-refractivity contribution >= 4 is 52.2 Å². The van der Waals surface area contributed by atoms with Crippen LogP contribution in [0.15, 0.2) is 71.6 Å². The van der Waals surface area contributed by atoms with E-state index in [1.54, 1.807) is 24.3 Å². The summed E-state index contributed by atoms with van der Waals surface area (Å²) in [6.45, 7) is 0.557. The van der Waals surface area contributed by atoms with E-state index in [4.69, 9.17) is 37.4 Å². The van der Waals surface area contributed by atoms with Crippen molar-refractivity contribution in [3.63, 3.8) is 0 Å². The number of hydrogen-bond acceptors (Lipinski definition) is 6. The van der Waals surface area contributed by atoms with Gasteiger partial charge in [0.2, 0.25) is 0 Å². The molecule has 1 aliphatic rings. The lowest BCUT2D eigenvalue weighted by atomic mass is 10.1. The van der Waals surface area contributed by atoms with Crippen molar-refractivity contribution in [2.45, 2.75) is 6.61 Å². The van der Waals surface area contributed by atoms with Crippen LogP contribution < -0.4 is 14.2 Å². The van der Waals surface area contributed by atoms with Gasteiger partial charge in [-0.3, -0.25) is 14.5 Å². The van der Waals surface area contributed by atoms with Gasteiger partial charge in [-0.25, -0.2) is 0 Å². The summed E-state index contributed by atoms with van der Waals surface area (Å²) < 4.78 is 16.9. The summed E-state index contributed by atoms with van der Waals surface area (Å²) in [5.41, 5.74) is 1.41. The monoisotopic (exact) mass is 529 g/mol. The van der Waals surface area contributed by atoms with E-state index in [1.165, 1.54) is 12.0 Å². The van der Waals surface area contributed by atoms with Crippen molar-refractivity contribution < 1.29 is 23.8 Å². The number of methoxy groups -OCH3 is 1. The minimum atomic E-state index is -0.384. The molecule has 0 atom stereocenters. The maximum Gasteiger partial charge on any atom is 0.293 e. The van der Waals surface area contributed by atoms with Crippen molar-refractivity contribution in [2.24, 2.45) is 0 Å². The maximum absolute atomic E-state index is 12.8. The van der Waals surface area contributed by atoms with E-state index in [2.05, 4.69) is 0 Å². The van der Waals surface area contributed by atoms with Crippen LogP contribution in [-0.4, -0.2) is 36.3 Å². The SMILES string of the molecule is COc1cc(/C=C2\SC(=O)N(CCOc3ccccc3)C2=O)cc(Cl)c1OCc1ccccc1Cl. The Hall–Kier alpha value is -3.13. The third-order valence-corrected chi connectivity index (χ3v) is 6.64. The van der Waals surface area contributed by atoms with Crippen LogP contribution in [0.4, 0.5) is 4.79 Å². The van der Waals surface area contributed by atoms with E-state index in [9.17, 15) is 9.59 Å².